The highest BCUT2D eigenvalue weighted by atomic mass is 16.5. The molecule has 2 amide bonds. The summed E-state index contributed by atoms with van der Waals surface area (Å²) >= 11 is 0. The quantitative estimate of drug-likeness (QED) is 0.826. The third kappa shape index (κ3) is 3.91. The van der Waals surface area contributed by atoms with Gasteiger partial charge in [-0.05, 0) is 31.4 Å². The van der Waals surface area contributed by atoms with Gasteiger partial charge in [0.2, 0.25) is 5.91 Å². The number of nitrogens with zero attached hydrogens (tertiary/aromatic N) is 2. The van der Waals surface area contributed by atoms with Gasteiger partial charge in [0.25, 0.3) is 5.91 Å². The molecular weight excluding hydrogens is 348 g/mol. The van der Waals surface area contributed by atoms with E-state index in [1.807, 2.05) is 6.07 Å². The maximum atomic E-state index is 12.6. The maximum Gasteiger partial charge on any atom is 0.329 e. The number of carboxylic acid groups (broad SMARTS) is 1. The molecule has 146 valence electrons. The number of hydrogen-bond donors (Lipinski definition) is 1. The van der Waals surface area contributed by atoms with Crippen molar-refractivity contribution in [1.29, 1.82) is 0 Å². The molecular formula is C20H26N2O5. The van der Waals surface area contributed by atoms with E-state index in [-0.39, 0.29) is 18.4 Å². The Labute approximate surface area is 158 Å². The first-order valence-corrected chi connectivity index (χ1v) is 9.47. The molecule has 3 rings (SSSR count). The number of likely N-dealkylation sites (N-methyl/N-ethyl adjacent to an activating group) is 1. The molecule has 1 heterocycles. The lowest BCUT2D eigenvalue weighted by atomic mass is 9.80. The van der Waals surface area contributed by atoms with Crippen molar-refractivity contribution in [2.24, 2.45) is 0 Å². The van der Waals surface area contributed by atoms with Gasteiger partial charge in [-0.25, -0.2) is 4.79 Å². The smallest absolute Gasteiger partial charge is 0.329 e. The summed E-state index contributed by atoms with van der Waals surface area (Å²) in [5.41, 5.74) is -0.382. The van der Waals surface area contributed by atoms with Crippen LogP contribution in [0.5, 0.6) is 5.75 Å². The predicted octanol–water partition coefficient (Wildman–Crippen LogP) is 2.44. The van der Waals surface area contributed by atoms with Gasteiger partial charge in [-0.3, -0.25) is 9.59 Å². The normalized spacial score (nSPS) is 19.0. The molecule has 1 aromatic rings. The summed E-state index contributed by atoms with van der Waals surface area (Å²) in [5.74, 6) is -0.736. The number of carbonyl (C=O) groups excluding carboxylic acids is 2. The first-order chi connectivity index (χ1) is 12.9. The summed E-state index contributed by atoms with van der Waals surface area (Å²) in [6, 6.07) is 7.09. The van der Waals surface area contributed by atoms with Crippen molar-refractivity contribution in [2.45, 2.75) is 50.5 Å². The van der Waals surface area contributed by atoms with E-state index in [1.54, 1.807) is 30.1 Å². The fraction of sp³-hybridized carbons (Fsp3) is 0.550. The molecule has 1 aromatic carbocycles. The number of anilines is 1. The van der Waals surface area contributed by atoms with Crippen LogP contribution in [0, 0.1) is 0 Å². The molecule has 0 bridgehead atoms. The van der Waals surface area contributed by atoms with Crippen LogP contribution in [-0.4, -0.2) is 53.5 Å². The second-order valence-electron chi connectivity index (χ2n) is 7.29. The Bertz CT molecular complexity index is 727. The van der Waals surface area contributed by atoms with E-state index in [2.05, 4.69) is 0 Å². The zero-order valence-corrected chi connectivity index (χ0v) is 15.6. The van der Waals surface area contributed by atoms with E-state index in [0.29, 0.717) is 31.6 Å². The second kappa shape index (κ2) is 7.98. The topological polar surface area (TPSA) is 87.2 Å². The standard InChI is InChI=1S/C20H26N2O5/c1-21(20(19(25)26)10-3-2-4-11-20)18(24)14-27-16-8-5-7-15(13-16)22-12-6-9-17(22)23/h5,7-8,13H,2-4,6,9-12,14H2,1H3,(H,25,26). The Morgan fingerprint density at radius 1 is 1.22 bits per heavy atom. The number of benzene rings is 1. The molecule has 1 N–H and O–H groups in total. The number of ether oxygens (including phenoxy) is 1. The lowest BCUT2D eigenvalue weighted by Gasteiger charge is -2.40. The van der Waals surface area contributed by atoms with Crippen LogP contribution in [0.4, 0.5) is 5.69 Å². The minimum Gasteiger partial charge on any atom is -0.484 e. The lowest BCUT2D eigenvalue weighted by molar-refractivity contribution is -0.161. The van der Waals surface area contributed by atoms with E-state index in [0.717, 1.165) is 31.4 Å². The first kappa shape index (κ1) is 19.2. The summed E-state index contributed by atoms with van der Waals surface area (Å²) < 4.78 is 5.62. The summed E-state index contributed by atoms with van der Waals surface area (Å²) in [4.78, 5) is 39.4. The molecule has 1 aliphatic heterocycles. The zero-order chi connectivity index (χ0) is 19.4. The van der Waals surface area contributed by atoms with E-state index >= 15 is 0 Å². The van der Waals surface area contributed by atoms with Crippen LogP contribution >= 0.6 is 0 Å². The van der Waals surface area contributed by atoms with Crippen molar-refractivity contribution in [1.82, 2.24) is 4.90 Å². The molecule has 7 nitrogen and oxygen atoms in total. The Morgan fingerprint density at radius 3 is 2.59 bits per heavy atom. The van der Waals surface area contributed by atoms with Gasteiger partial charge >= 0.3 is 5.97 Å². The minimum atomic E-state index is -1.14. The predicted molar refractivity (Wildman–Crippen MR) is 99.7 cm³/mol. The molecule has 0 unspecified atom stereocenters. The van der Waals surface area contributed by atoms with Crippen molar-refractivity contribution >= 4 is 23.5 Å². The minimum absolute atomic E-state index is 0.0867. The van der Waals surface area contributed by atoms with Crippen LogP contribution < -0.4 is 9.64 Å². The molecule has 1 saturated heterocycles. The summed E-state index contributed by atoms with van der Waals surface area (Å²) in [6.07, 6.45) is 4.92. The molecule has 0 radical (unpaired) electrons. The number of hydrogen-bond acceptors (Lipinski definition) is 4. The maximum absolute atomic E-state index is 12.6. The number of rotatable bonds is 6. The molecule has 2 aliphatic rings. The molecule has 0 atom stereocenters. The average Bonchev–Trinajstić information content (AvgIpc) is 3.12. The van der Waals surface area contributed by atoms with Crippen LogP contribution in [0.3, 0.4) is 0 Å². The number of amides is 2. The van der Waals surface area contributed by atoms with Gasteiger partial charge in [-0.15, -0.1) is 0 Å². The van der Waals surface area contributed by atoms with E-state index < -0.39 is 11.5 Å². The summed E-state index contributed by atoms with van der Waals surface area (Å²) in [5, 5.41) is 9.70. The van der Waals surface area contributed by atoms with Gasteiger partial charge < -0.3 is 19.6 Å². The molecule has 7 heteroatoms. The Balaban J connectivity index is 1.65. The van der Waals surface area contributed by atoms with Gasteiger partial charge in [-0.1, -0.05) is 25.3 Å². The fourth-order valence-corrected chi connectivity index (χ4v) is 3.97. The van der Waals surface area contributed by atoms with Gasteiger partial charge in [0.1, 0.15) is 11.3 Å². The van der Waals surface area contributed by atoms with Crippen molar-refractivity contribution in [3.8, 4) is 5.75 Å². The Kier molecular flexibility index (Phi) is 5.68. The first-order valence-electron chi connectivity index (χ1n) is 9.47. The third-order valence-corrected chi connectivity index (χ3v) is 5.66. The monoisotopic (exact) mass is 374 g/mol. The second-order valence-corrected chi connectivity index (χ2v) is 7.29. The zero-order valence-electron chi connectivity index (χ0n) is 15.6. The highest BCUT2D eigenvalue weighted by Gasteiger charge is 2.45. The summed E-state index contributed by atoms with van der Waals surface area (Å²) in [6.45, 7) is 0.452. The van der Waals surface area contributed by atoms with Crippen LogP contribution in [0.1, 0.15) is 44.9 Å². The van der Waals surface area contributed by atoms with E-state index in [1.165, 1.54) is 4.90 Å². The van der Waals surface area contributed by atoms with E-state index in [4.69, 9.17) is 4.74 Å². The molecule has 27 heavy (non-hydrogen) atoms. The van der Waals surface area contributed by atoms with Gasteiger partial charge in [0.15, 0.2) is 6.61 Å². The Morgan fingerprint density at radius 2 is 1.96 bits per heavy atom. The molecule has 2 fully saturated rings. The van der Waals surface area contributed by atoms with Crippen LogP contribution in [0.15, 0.2) is 24.3 Å². The third-order valence-electron chi connectivity index (χ3n) is 5.66. The van der Waals surface area contributed by atoms with Gasteiger partial charge in [-0.2, -0.15) is 0 Å². The van der Waals surface area contributed by atoms with Crippen molar-refractivity contribution in [2.75, 3.05) is 25.1 Å². The largest absolute Gasteiger partial charge is 0.484 e. The highest BCUT2D eigenvalue weighted by molar-refractivity contribution is 5.95. The van der Waals surface area contributed by atoms with Crippen molar-refractivity contribution < 1.29 is 24.2 Å². The van der Waals surface area contributed by atoms with Gasteiger partial charge in [0.05, 0.1) is 0 Å². The van der Waals surface area contributed by atoms with Crippen LogP contribution in [-0.2, 0) is 14.4 Å². The van der Waals surface area contributed by atoms with Gasteiger partial charge in [0, 0.05) is 31.8 Å². The van der Waals surface area contributed by atoms with Crippen LogP contribution in [0.25, 0.3) is 0 Å². The number of carbonyl (C=O) groups is 3. The van der Waals surface area contributed by atoms with Crippen molar-refractivity contribution in [3.63, 3.8) is 0 Å². The average molecular weight is 374 g/mol. The Hall–Kier alpha value is -2.57. The molecule has 1 aliphatic carbocycles. The fourth-order valence-electron chi connectivity index (χ4n) is 3.97. The molecule has 0 spiro atoms. The summed E-state index contributed by atoms with van der Waals surface area (Å²) in [7, 11) is 1.55. The molecule has 1 saturated carbocycles. The lowest BCUT2D eigenvalue weighted by Crippen LogP contribution is -2.57. The SMILES string of the molecule is CN(C(=O)COc1cccc(N2CCCC2=O)c1)C1(C(=O)O)CCCCC1. The van der Waals surface area contributed by atoms with Crippen LogP contribution in [0.2, 0.25) is 0 Å². The highest BCUT2D eigenvalue weighted by Crippen LogP contribution is 2.33. The number of carboxylic acids is 1. The van der Waals surface area contributed by atoms with Crippen molar-refractivity contribution in [3.05, 3.63) is 24.3 Å². The molecule has 0 aromatic heterocycles. The number of aliphatic carboxylic acids is 1. The van der Waals surface area contributed by atoms with E-state index in [9.17, 15) is 19.5 Å².